The number of rotatable bonds is 3. The second-order valence-corrected chi connectivity index (χ2v) is 6.62. The highest BCUT2D eigenvalue weighted by molar-refractivity contribution is 7.92. The fourth-order valence-electron chi connectivity index (χ4n) is 2.03. The van der Waals surface area contributed by atoms with Gasteiger partial charge in [0.2, 0.25) is 5.91 Å². The maximum Gasteiger partial charge on any atom is 0.240 e. The van der Waals surface area contributed by atoms with Gasteiger partial charge in [0.1, 0.15) is 5.25 Å². The van der Waals surface area contributed by atoms with Crippen molar-refractivity contribution in [3.8, 4) is 0 Å². The molecule has 15 heavy (non-hydrogen) atoms. The molecule has 0 aromatic rings. The molecule has 5 nitrogen and oxygen atoms in total. The summed E-state index contributed by atoms with van der Waals surface area (Å²) >= 11 is 0. The quantitative estimate of drug-likeness (QED) is 0.667. The summed E-state index contributed by atoms with van der Waals surface area (Å²) in [7, 11) is -1.58. The predicted octanol–water partition coefficient (Wildman–Crippen LogP) is -1.15. The third-order valence-electron chi connectivity index (χ3n) is 3.15. The molecule has 1 amide bonds. The van der Waals surface area contributed by atoms with Crippen LogP contribution in [0.3, 0.4) is 0 Å². The Balaban J connectivity index is 2.05. The van der Waals surface area contributed by atoms with E-state index in [9.17, 15) is 13.2 Å². The molecule has 1 atom stereocenters. The zero-order valence-electron chi connectivity index (χ0n) is 8.77. The van der Waals surface area contributed by atoms with Crippen molar-refractivity contribution in [2.45, 2.75) is 11.7 Å². The van der Waals surface area contributed by atoms with E-state index >= 15 is 0 Å². The average molecular weight is 232 g/mol. The third-order valence-corrected chi connectivity index (χ3v) is 5.39. The molecule has 2 aliphatic rings. The van der Waals surface area contributed by atoms with Gasteiger partial charge in [-0.25, -0.2) is 8.42 Å². The Kier molecular flexibility index (Phi) is 2.72. The van der Waals surface area contributed by atoms with E-state index in [1.165, 1.54) is 4.90 Å². The second-order valence-electron chi connectivity index (χ2n) is 4.39. The summed E-state index contributed by atoms with van der Waals surface area (Å²) in [6.07, 6.45) is 0.456. The van der Waals surface area contributed by atoms with E-state index in [1.807, 2.05) is 0 Å². The fraction of sp³-hybridized carbons (Fsp3) is 0.889. The van der Waals surface area contributed by atoms with Crippen molar-refractivity contribution >= 4 is 15.7 Å². The van der Waals surface area contributed by atoms with E-state index in [0.29, 0.717) is 13.0 Å². The number of hydrogen-bond acceptors (Lipinski definition) is 4. The normalized spacial score (nSPS) is 28.2. The third kappa shape index (κ3) is 2.01. The number of likely N-dealkylation sites (tertiary alicyclic amines) is 1. The lowest BCUT2D eigenvalue weighted by Gasteiger charge is -2.27. The van der Waals surface area contributed by atoms with Crippen LogP contribution >= 0.6 is 0 Å². The predicted molar refractivity (Wildman–Crippen MR) is 56.2 cm³/mol. The number of nitrogens with one attached hydrogen (secondary N) is 1. The van der Waals surface area contributed by atoms with Crippen LogP contribution in [0.2, 0.25) is 0 Å². The van der Waals surface area contributed by atoms with Crippen LogP contribution in [0.15, 0.2) is 0 Å². The number of sulfone groups is 1. The molecule has 0 aromatic heterocycles. The van der Waals surface area contributed by atoms with E-state index in [1.54, 1.807) is 7.05 Å². The van der Waals surface area contributed by atoms with Crippen LogP contribution in [0.4, 0.5) is 0 Å². The van der Waals surface area contributed by atoms with Crippen LogP contribution in [-0.4, -0.2) is 56.9 Å². The molecular weight excluding hydrogens is 216 g/mol. The molecule has 2 aliphatic heterocycles. The molecular formula is C9H16N2O3S. The van der Waals surface area contributed by atoms with Crippen LogP contribution < -0.4 is 5.32 Å². The Hall–Kier alpha value is -0.620. The average Bonchev–Trinajstić information content (AvgIpc) is 2.42. The minimum absolute atomic E-state index is 0.157. The Morgan fingerprint density at radius 2 is 2.13 bits per heavy atom. The summed E-state index contributed by atoms with van der Waals surface area (Å²) < 4.78 is 23.8. The topological polar surface area (TPSA) is 66.5 Å². The van der Waals surface area contributed by atoms with Crippen LogP contribution in [-0.2, 0) is 14.6 Å². The second kappa shape index (κ2) is 3.75. The van der Waals surface area contributed by atoms with E-state index in [2.05, 4.69) is 5.32 Å². The van der Waals surface area contributed by atoms with Gasteiger partial charge in [-0.1, -0.05) is 0 Å². The molecule has 0 saturated carbocycles. The van der Waals surface area contributed by atoms with Gasteiger partial charge in [-0.3, -0.25) is 4.79 Å². The zero-order chi connectivity index (χ0) is 11.1. The van der Waals surface area contributed by atoms with E-state index in [-0.39, 0.29) is 17.6 Å². The van der Waals surface area contributed by atoms with Gasteiger partial charge < -0.3 is 10.2 Å². The molecule has 1 N–H and O–H groups in total. The Labute approximate surface area is 89.7 Å². The minimum atomic E-state index is -3.23. The Morgan fingerprint density at radius 3 is 2.53 bits per heavy atom. The molecule has 6 heteroatoms. The van der Waals surface area contributed by atoms with E-state index in [4.69, 9.17) is 0 Å². The van der Waals surface area contributed by atoms with Crippen molar-refractivity contribution in [3.63, 3.8) is 0 Å². The van der Waals surface area contributed by atoms with Gasteiger partial charge in [-0.05, 0) is 12.3 Å². The summed E-state index contributed by atoms with van der Waals surface area (Å²) in [6, 6.07) is 0. The first-order chi connectivity index (χ1) is 7.00. The Morgan fingerprint density at radius 1 is 1.47 bits per heavy atom. The van der Waals surface area contributed by atoms with Crippen LogP contribution in [0.5, 0.6) is 0 Å². The van der Waals surface area contributed by atoms with Gasteiger partial charge in [-0.15, -0.1) is 0 Å². The summed E-state index contributed by atoms with van der Waals surface area (Å²) in [5, 5.41) is 2.26. The molecule has 2 rings (SSSR count). The molecule has 1 unspecified atom stereocenters. The summed E-state index contributed by atoms with van der Waals surface area (Å²) in [5.74, 6) is 0.125. The maximum absolute atomic E-state index is 11.9. The molecule has 2 heterocycles. The van der Waals surface area contributed by atoms with Gasteiger partial charge in [0, 0.05) is 26.7 Å². The lowest BCUT2D eigenvalue weighted by Crippen LogP contribution is -2.47. The summed E-state index contributed by atoms with van der Waals surface area (Å²) in [5.41, 5.74) is 0. The first kappa shape index (κ1) is 10.9. The zero-order valence-corrected chi connectivity index (χ0v) is 9.59. The number of carbonyl (C=O) groups excluding carboxylic acids is 1. The van der Waals surface area contributed by atoms with Gasteiger partial charge >= 0.3 is 0 Å². The van der Waals surface area contributed by atoms with Crippen molar-refractivity contribution in [2.75, 3.05) is 32.4 Å². The molecule has 0 aromatic carbocycles. The molecule has 2 fully saturated rings. The first-order valence-electron chi connectivity index (χ1n) is 5.18. The Bertz CT molecular complexity index is 362. The van der Waals surface area contributed by atoms with Crippen LogP contribution in [0.1, 0.15) is 6.42 Å². The molecule has 2 saturated heterocycles. The van der Waals surface area contributed by atoms with Crippen LogP contribution in [0.25, 0.3) is 0 Å². The van der Waals surface area contributed by atoms with Crippen molar-refractivity contribution in [3.05, 3.63) is 0 Å². The fourth-order valence-corrected chi connectivity index (χ4v) is 4.11. The monoisotopic (exact) mass is 232 g/mol. The van der Waals surface area contributed by atoms with Crippen molar-refractivity contribution in [2.24, 2.45) is 5.92 Å². The smallest absolute Gasteiger partial charge is 0.240 e. The maximum atomic E-state index is 11.9. The largest absolute Gasteiger partial charge is 0.345 e. The highest BCUT2D eigenvalue weighted by Crippen LogP contribution is 2.20. The number of amides is 1. The molecule has 0 spiro atoms. The first-order valence-corrected chi connectivity index (χ1v) is 6.89. The van der Waals surface area contributed by atoms with E-state index < -0.39 is 15.1 Å². The minimum Gasteiger partial charge on any atom is -0.345 e. The molecule has 0 radical (unpaired) electrons. The lowest BCUT2D eigenvalue weighted by atomic mass is 10.1. The highest BCUT2D eigenvalue weighted by Gasteiger charge is 2.40. The SMILES string of the molecule is CN1CCC(S(=O)(=O)CC2CNC2)C1=O. The molecule has 0 bridgehead atoms. The van der Waals surface area contributed by atoms with Crippen molar-refractivity contribution in [1.29, 1.82) is 0 Å². The molecule has 86 valence electrons. The van der Waals surface area contributed by atoms with Gasteiger partial charge in [0.25, 0.3) is 0 Å². The molecule has 0 aliphatic carbocycles. The van der Waals surface area contributed by atoms with Crippen molar-refractivity contribution < 1.29 is 13.2 Å². The van der Waals surface area contributed by atoms with Crippen molar-refractivity contribution in [1.82, 2.24) is 10.2 Å². The lowest BCUT2D eigenvalue weighted by molar-refractivity contribution is -0.126. The van der Waals surface area contributed by atoms with Gasteiger partial charge in [-0.2, -0.15) is 0 Å². The number of carbonyl (C=O) groups is 1. The van der Waals surface area contributed by atoms with Crippen LogP contribution in [0, 0.1) is 5.92 Å². The van der Waals surface area contributed by atoms with Gasteiger partial charge in [0.15, 0.2) is 9.84 Å². The summed E-state index contributed by atoms with van der Waals surface area (Å²) in [4.78, 5) is 13.1. The number of nitrogens with zero attached hydrogens (tertiary/aromatic N) is 1. The number of hydrogen-bond donors (Lipinski definition) is 1. The summed E-state index contributed by atoms with van der Waals surface area (Å²) in [6.45, 7) is 2.08. The highest BCUT2D eigenvalue weighted by atomic mass is 32.2. The van der Waals surface area contributed by atoms with Gasteiger partial charge in [0.05, 0.1) is 5.75 Å². The van der Waals surface area contributed by atoms with E-state index in [0.717, 1.165) is 13.1 Å². The standard InChI is InChI=1S/C9H16N2O3S/c1-11-3-2-8(9(11)12)15(13,14)6-7-4-10-5-7/h7-8,10H,2-6H2,1H3.